The van der Waals surface area contributed by atoms with Crippen molar-refractivity contribution in [2.24, 2.45) is 16.8 Å². The van der Waals surface area contributed by atoms with E-state index < -0.39 is 0 Å². The summed E-state index contributed by atoms with van der Waals surface area (Å²) >= 11 is 1.66. The molecule has 0 aliphatic carbocycles. The van der Waals surface area contributed by atoms with E-state index in [4.69, 9.17) is 9.47 Å². The molecule has 1 fully saturated rings. The third-order valence-corrected chi connectivity index (χ3v) is 5.42. The zero-order valence-corrected chi connectivity index (χ0v) is 19.3. The molecule has 0 saturated carbocycles. The van der Waals surface area contributed by atoms with E-state index in [1.165, 1.54) is 0 Å². The first-order valence-corrected chi connectivity index (χ1v) is 11.9. The number of aromatic nitrogens is 3. The lowest BCUT2D eigenvalue weighted by Crippen LogP contribution is -2.38. The molecule has 0 amide bonds. The van der Waals surface area contributed by atoms with E-state index in [0.717, 1.165) is 88.7 Å². The minimum Gasteiger partial charge on any atom is -0.381 e. The van der Waals surface area contributed by atoms with Crippen molar-refractivity contribution in [3.05, 3.63) is 5.82 Å². The molecule has 0 radical (unpaired) electrons. The molecule has 1 aliphatic heterocycles. The third-order valence-electron chi connectivity index (χ3n) is 4.75. The van der Waals surface area contributed by atoms with Gasteiger partial charge in [-0.1, -0.05) is 25.6 Å². The summed E-state index contributed by atoms with van der Waals surface area (Å²) in [5, 5.41) is 16.4. The maximum atomic E-state index is 5.73. The maximum Gasteiger partial charge on any atom is 0.190 e. The number of hydrogen-bond donors (Lipinski definition) is 2. The number of rotatable bonds is 13. The van der Waals surface area contributed by atoms with E-state index in [-0.39, 0.29) is 0 Å². The maximum absolute atomic E-state index is 5.73. The molecule has 1 aromatic heterocycles. The van der Waals surface area contributed by atoms with Crippen LogP contribution in [0.4, 0.5) is 0 Å². The average Bonchev–Trinajstić information content (AvgIpc) is 3.35. The summed E-state index contributed by atoms with van der Waals surface area (Å²) in [5.74, 6) is 3.06. The Labute approximate surface area is 179 Å². The van der Waals surface area contributed by atoms with Gasteiger partial charge < -0.3 is 24.7 Å². The van der Waals surface area contributed by atoms with Crippen LogP contribution >= 0.6 is 11.8 Å². The van der Waals surface area contributed by atoms with Crippen LogP contribution in [0.15, 0.2) is 10.1 Å². The Morgan fingerprint density at radius 2 is 2.10 bits per heavy atom. The Kier molecular flexibility index (Phi) is 11.4. The molecule has 2 heterocycles. The number of ether oxygens (including phenoxy) is 2. The fourth-order valence-corrected chi connectivity index (χ4v) is 3.75. The predicted molar refractivity (Wildman–Crippen MR) is 119 cm³/mol. The lowest BCUT2D eigenvalue weighted by Gasteiger charge is -2.13. The first-order chi connectivity index (χ1) is 14.1. The van der Waals surface area contributed by atoms with Gasteiger partial charge in [-0.05, 0) is 31.4 Å². The first-order valence-electron chi connectivity index (χ1n) is 10.7. The van der Waals surface area contributed by atoms with E-state index in [1.54, 1.807) is 18.8 Å². The summed E-state index contributed by atoms with van der Waals surface area (Å²) in [7, 11) is 1.80. The monoisotopic (exact) mass is 426 g/mol. The van der Waals surface area contributed by atoms with Gasteiger partial charge in [0.1, 0.15) is 5.82 Å². The Morgan fingerprint density at radius 1 is 1.31 bits per heavy atom. The normalized spacial score (nSPS) is 17.3. The van der Waals surface area contributed by atoms with Gasteiger partial charge >= 0.3 is 0 Å². The largest absolute Gasteiger partial charge is 0.381 e. The predicted octanol–water partition coefficient (Wildman–Crippen LogP) is 2.20. The fourth-order valence-electron chi connectivity index (χ4n) is 3.22. The van der Waals surface area contributed by atoms with Gasteiger partial charge in [0.15, 0.2) is 11.1 Å². The summed E-state index contributed by atoms with van der Waals surface area (Å²) in [5.41, 5.74) is 0. The molecule has 1 saturated heterocycles. The summed E-state index contributed by atoms with van der Waals surface area (Å²) in [6.07, 6.45) is 6.03. The summed E-state index contributed by atoms with van der Waals surface area (Å²) in [4.78, 5) is 4.29. The van der Waals surface area contributed by atoms with Gasteiger partial charge in [0.05, 0.1) is 13.2 Å². The minimum atomic E-state index is 0.576. The van der Waals surface area contributed by atoms with Gasteiger partial charge in [0.25, 0.3) is 0 Å². The van der Waals surface area contributed by atoms with Crippen molar-refractivity contribution < 1.29 is 9.47 Å². The van der Waals surface area contributed by atoms with Crippen molar-refractivity contribution in [3.63, 3.8) is 0 Å². The second kappa shape index (κ2) is 13.8. The van der Waals surface area contributed by atoms with Crippen molar-refractivity contribution in [3.8, 4) is 0 Å². The first kappa shape index (κ1) is 24.0. The molecule has 1 aliphatic rings. The molecule has 0 bridgehead atoms. The lowest BCUT2D eigenvalue weighted by atomic mass is 10.1. The summed E-state index contributed by atoms with van der Waals surface area (Å²) in [6.45, 7) is 10.4. The molecular formula is C20H38N6O2S. The quantitative estimate of drug-likeness (QED) is 0.216. The van der Waals surface area contributed by atoms with Crippen LogP contribution in [0.5, 0.6) is 0 Å². The summed E-state index contributed by atoms with van der Waals surface area (Å²) < 4.78 is 13.3. The van der Waals surface area contributed by atoms with Crippen LogP contribution < -0.4 is 10.6 Å². The van der Waals surface area contributed by atoms with Crippen molar-refractivity contribution in [1.82, 2.24) is 25.4 Å². The van der Waals surface area contributed by atoms with E-state index >= 15 is 0 Å². The summed E-state index contributed by atoms with van der Waals surface area (Å²) in [6, 6.07) is 0. The van der Waals surface area contributed by atoms with Crippen LogP contribution in [-0.2, 0) is 22.4 Å². The van der Waals surface area contributed by atoms with Gasteiger partial charge in [-0.2, -0.15) is 0 Å². The molecule has 8 nitrogen and oxygen atoms in total. The second-order valence-electron chi connectivity index (χ2n) is 7.79. The minimum absolute atomic E-state index is 0.576. The van der Waals surface area contributed by atoms with Crippen LogP contribution in [0.1, 0.15) is 38.9 Å². The Balaban J connectivity index is 1.58. The van der Waals surface area contributed by atoms with Crippen molar-refractivity contribution >= 4 is 17.7 Å². The van der Waals surface area contributed by atoms with E-state index in [1.807, 2.05) is 0 Å². The highest BCUT2D eigenvalue weighted by Crippen LogP contribution is 2.16. The molecule has 1 unspecified atom stereocenters. The zero-order chi connectivity index (χ0) is 20.9. The molecule has 9 heteroatoms. The number of thioether (sulfide) groups is 1. The molecule has 29 heavy (non-hydrogen) atoms. The Hall–Kier alpha value is -1.32. The van der Waals surface area contributed by atoms with Crippen LogP contribution in [0.25, 0.3) is 0 Å². The number of guanidine groups is 1. The SMILES string of the molecule is CN=C(NCCCOCC1CCOC1)NCCCc1nnc(SC)n1CC(C)C. The van der Waals surface area contributed by atoms with Crippen LogP contribution in [0, 0.1) is 11.8 Å². The number of hydrogen-bond acceptors (Lipinski definition) is 6. The van der Waals surface area contributed by atoms with Crippen LogP contribution in [-0.4, -0.2) is 73.5 Å². The lowest BCUT2D eigenvalue weighted by molar-refractivity contribution is 0.0888. The topological polar surface area (TPSA) is 85.6 Å². The van der Waals surface area contributed by atoms with Crippen LogP contribution in [0.2, 0.25) is 0 Å². The number of nitrogens with one attached hydrogen (secondary N) is 2. The van der Waals surface area contributed by atoms with E-state index in [9.17, 15) is 0 Å². The zero-order valence-electron chi connectivity index (χ0n) is 18.4. The number of aliphatic imine (C=N–C) groups is 1. The molecule has 0 spiro atoms. The van der Waals surface area contributed by atoms with Crippen LogP contribution in [0.3, 0.4) is 0 Å². The highest BCUT2D eigenvalue weighted by molar-refractivity contribution is 7.98. The van der Waals surface area contributed by atoms with Gasteiger partial charge in [-0.25, -0.2) is 0 Å². The smallest absolute Gasteiger partial charge is 0.190 e. The third kappa shape index (κ3) is 8.92. The van der Waals surface area contributed by atoms with Crippen molar-refractivity contribution in [2.45, 2.75) is 51.2 Å². The van der Waals surface area contributed by atoms with E-state index in [2.05, 4.69) is 50.5 Å². The highest BCUT2D eigenvalue weighted by atomic mass is 32.2. The molecular weight excluding hydrogens is 388 g/mol. The molecule has 1 atom stereocenters. The highest BCUT2D eigenvalue weighted by Gasteiger charge is 2.15. The molecule has 166 valence electrons. The van der Waals surface area contributed by atoms with Gasteiger partial charge in [0, 0.05) is 52.2 Å². The fraction of sp³-hybridized carbons (Fsp3) is 0.850. The Bertz CT molecular complexity index is 602. The molecule has 0 aromatic carbocycles. The average molecular weight is 427 g/mol. The standard InChI is InChI=1S/C20H38N6O2S/c1-16(2)13-26-18(24-25-20(26)29-4)7-5-9-22-19(21-3)23-10-6-11-27-14-17-8-12-28-15-17/h16-17H,5-15H2,1-4H3,(H2,21,22,23). The van der Waals surface area contributed by atoms with Gasteiger partial charge in [-0.15, -0.1) is 10.2 Å². The van der Waals surface area contributed by atoms with Gasteiger partial charge in [0.2, 0.25) is 0 Å². The van der Waals surface area contributed by atoms with Crippen molar-refractivity contribution in [1.29, 1.82) is 0 Å². The second-order valence-corrected chi connectivity index (χ2v) is 8.57. The molecule has 2 N–H and O–H groups in total. The Morgan fingerprint density at radius 3 is 2.76 bits per heavy atom. The van der Waals surface area contributed by atoms with Crippen molar-refractivity contribution in [2.75, 3.05) is 52.8 Å². The van der Waals surface area contributed by atoms with E-state index in [0.29, 0.717) is 11.8 Å². The van der Waals surface area contributed by atoms with Gasteiger partial charge in [-0.3, -0.25) is 4.99 Å². The number of aryl methyl sites for hydroxylation is 1. The molecule has 2 rings (SSSR count). The molecule has 1 aromatic rings. The number of nitrogens with zero attached hydrogens (tertiary/aromatic N) is 4.